The highest BCUT2D eigenvalue weighted by Gasteiger charge is 2.19. The quantitative estimate of drug-likeness (QED) is 0.808. The highest BCUT2D eigenvalue weighted by molar-refractivity contribution is 5.59. The molecular formula is C23H32N4. The molecule has 2 aliphatic rings. The minimum atomic E-state index is 0.514. The van der Waals surface area contributed by atoms with Gasteiger partial charge in [0.25, 0.3) is 0 Å². The van der Waals surface area contributed by atoms with Crippen molar-refractivity contribution in [2.45, 2.75) is 32.4 Å². The fraction of sp³-hybridized carbons (Fsp3) is 0.522. The Hall–Kier alpha value is -1.75. The van der Waals surface area contributed by atoms with Gasteiger partial charge in [-0.25, -0.2) is 0 Å². The molecule has 0 saturated carbocycles. The summed E-state index contributed by atoms with van der Waals surface area (Å²) in [4.78, 5) is 12.2. The summed E-state index contributed by atoms with van der Waals surface area (Å²) in [7, 11) is 2.20. The summed E-state index contributed by atoms with van der Waals surface area (Å²) in [5, 5.41) is 0. The van der Waals surface area contributed by atoms with Crippen LogP contribution in [0.2, 0.25) is 0 Å². The second kappa shape index (κ2) is 8.51. The van der Waals surface area contributed by atoms with Crippen LogP contribution >= 0.6 is 0 Å². The SMILES string of the molecule is C[C@@H](c1ccc(-c2ccc(CN3CCN(C)CC3)cn2)cc1)N1CCCC1. The number of hydrogen-bond acceptors (Lipinski definition) is 4. The molecule has 4 nitrogen and oxygen atoms in total. The molecule has 2 fully saturated rings. The predicted molar refractivity (Wildman–Crippen MR) is 112 cm³/mol. The largest absolute Gasteiger partial charge is 0.304 e. The number of aromatic nitrogens is 1. The molecule has 4 rings (SSSR count). The zero-order valence-electron chi connectivity index (χ0n) is 16.8. The Morgan fingerprint density at radius 1 is 0.889 bits per heavy atom. The van der Waals surface area contributed by atoms with E-state index >= 15 is 0 Å². The second-order valence-electron chi connectivity index (χ2n) is 8.17. The van der Waals surface area contributed by atoms with Crippen LogP contribution in [0.4, 0.5) is 0 Å². The molecule has 1 atom stereocenters. The normalized spacial score (nSPS) is 20.8. The number of piperazine rings is 1. The predicted octanol–water partition coefficient (Wildman–Crippen LogP) is 3.65. The van der Waals surface area contributed by atoms with Gasteiger partial charge >= 0.3 is 0 Å². The lowest BCUT2D eigenvalue weighted by Gasteiger charge is -2.32. The lowest BCUT2D eigenvalue weighted by molar-refractivity contribution is 0.148. The van der Waals surface area contributed by atoms with Crippen LogP contribution in [0.3, 0.4) is 0 Å². The zero-order chi connectivity index (χ0) is 18.6. The van der Waals surface area contributed by atoms with Crippen molar-refractivity contribution in [2.24, 2.45) is 0 Å². The van der Waals surface area contributed by atoms with Gasteiger partial charge in [0.05, 0.1) is 5.69 Å². The van der Waals surface area contributed by atoms with Crippen molar-refractivity contribution in [3.63, 3.8) is 0 Å². The molecule has 2 aliphatic heterocycles. The number of pyridine rings is 1. The molecule has 4 heteroatoms. The van der Waals surface area contributed by atoms with Gasteiger partial charge in [-0.05, 0) is 57.1 Å². The van der Waals surface area contributed by atoms with Crippen LogP contribution in [0.1, 0.15) is 36.9 Å². The average Bonchev–Trinajstić information content (AvgIpc) is 3.25. The van der Waals surface area contributed by atoms with Crippen LogP contribution in [0.5, 0.6) is 0 Å². The first-order valence-electron chi connectivity index (χ1n) is 10.4. The number of nitrogens with zero attached hydrogens (tertiary/aromatic N) is 4. The number of benzene rings is 1. The van der Waals surface area contributed by atoms with Crippen molar-refractivity contribution in [1.82, 2.24) is 19.7 Å². The molecular weight excluding hydrogens is 332 g/mol. The van der Waals surface area contributed by atoms with Crippen LogP contribution in [0.25, 0.3) is 11.3 Å². The summed E-state index contributed by atoms with van der Waals surface area (Å²) < 4.78 is 0. The highest BCUT2D eigenvalue weighted by Crippen LogP contribution is 2.26. The molecule has 0 radical (unpaired) electrons. The molecule has 0 aliphatic carbocycles. The van der Waals surface area contributed by atoms with E-state index in [1.54, 1.807) is 0 Å². The van der Waals surface area contributed by atoms with Crippen LogP contribution in [0.15, 0.2) is 42.6 Å². The number of likely N-dealkylation sites (N-methyl/N-ethyl adjacent to an activating group) is 1. The maximum Gasteiger partial charge on any atom is 0.0702 e. The third kappa shape index (κ3) is 4.57. The minimum absolute atomic E-state index is 0.514. The van der Waals surface area contributed by atoms with E-state index in [4.69, 9.17) is 4.98 Å². The maximum atomic E-state index is 4.73. The van der Waals surface area contributed by atoms with Crippen LogP contribution in [0, 0.1) is 0 Å². The molecule has 2 saturated heterocycles. The van der Waals surface area contributed by atoms with E-state index in [2.05, 4.69) is 71.3 Å². The van der Waals surface area contributed by atoms with E-state index in [0.717, 1.165) is 38.4 Å². The molecule has 0 spiro atoms. The van der Waals surface area contributed by atoms with Gasteiger partial charge in [0.15, 0.2) is 0 Å². The summed E-state index contributed by atoms with van der Waals surface area (Å²) in [5.41, 5.74) is 4.99. The molecule has 0 N–H and O–H groups in total. The summed E-state index contributed by atoms with van der Waals surface area (Å²) in [5.74, 6) is 0. The Morgan fingerprint density at radius 2 is 1.59 bits per heavy atom. The van der Waals surface area contributed by atoms with Gasteiger partial charge in [0.1, 0.15) is 0 Å². The van der Waals surface area contributed by atoms with Gasteiger partial charge in [0, 0.05) is 50.5 Å². The molecule has 0 unspecified atom stereocenters. The summed E-state index contributed by atoms with van der Waals surface area (Å²) in [6, 6.07) is 13.9. The first-order valence-corrected chi connectivity index (χ1v) is 10.4. The van der Waals surface area contributed by atoms with Crippen molar-refractivity contribution >= 4 is 0 Å². The monoisotopic (exact) mass is 364 g/mol. The molecule has 0 bridgehead atoms. The van der Waals surface area contributed by atoms with E-state index in [0.29, 0.717) is 6.04 Å². The van der Waals surface area contributed by atoms with Crippen molar-refractivity contribution in [3.05, 3.63) is 53.7 Å². The lowest BCUT2D eigenvalue weighted by atomic mass is 10.0. The number of rotatable bonds is 5. The Kier molecular flexibility index (Phi) is 5.86. The standard InChI is InChI=1S/C23H32N4/c1-19(27-11-3-4-12-27)21-6-8-22(9-7-21)23-10-5-20(17-24-23)18-26-15-13-25(2)14-16-26/h5-10,17,19H,3-4,11-16,18H2,1-2H3/t19-/m0/s1. The summed E-state index contributed by atoms with van der Waals surface area (Å²) >= 11 is 0. The lowest BCUT2D eigenvalue weighted by Crippen LogP contribution is -2.43. The van der Waals surface area contributed by atoms with Crippen LogP contribution in [-0.4, -0.2) is 66.0 Å². The first-order chi connectivity index (χ1) is 13.2. The molecule has 1 aromatic carbocycles. The van der Waals surface area contributed by atoms with Crippen molar-refractivity contribution in [2.75, 3.05) is 46.3 Å². The average molecular weight is 365 g/mol. The Bertz CT molecular complexity index is 711. The zero-order valence-corrected chi connectivity index (χ0v) is 16.8. The fourth-order valence-electron chi connectivity index (χ4n) is 4.23. The number of hydrogen-bond donors (Lipinski definition) is 0. The fourth-order valence-corrected chi connectivity index (χ4v) is 4.23. The van der Waals surface area contributed by atoms with Crippen molar-refractivity contribution < 1.29 is 0 Å². The molecule has 2 aromatic rings. The molecule has 0 amide bonds. The van der Waals surface area contributed by atoms with Gasteiger partial charge in [-0.2, -0.15) is 0 Å². The van der Waals surface area contributed by atoms with Crippen molar-refractivity contribution in [3.8, 4) is 11.3 Å². The van der Waals surface area contributed by atoms with E-state index in [9.17, 15) is 0 Å². The van der Waals surface area contributed by atoms with Gasteiger partial charge in [0.2, 0.25) is 0 Å². The van der Waals surface area contributed by atoms with Gasteiger partial charge in [-0.15, -0.1) is 0 Å². The smallest absolute Gasteiger partial charge is 0.0702 e. The van der Waals surface area contributed by atoms with Gasteiger partial charge < -0.3 is 4.90 Å². The summed E-state index contributed by atoms with van der Waals surface area (Å²) in [6.07, 6.45) is 4.73. The Morgan fingerprint density at radius 3 is 2.22 bits per heavy atom. The van der Waals surface area contributed by atoms with E-state index in [1.807, 2.05) is 0 Å². The van der Waals surface area contributed by atoms with E-state index < -0.39 is 0 Å². The van der Waals surface area contributed by atoms with E-state index in [1.165, 1.54) is 42.6 Å². The Balaban J connectivity index is 1.38. The molecule has 144 valence electrons. The van der Waals surface area contributed by atoms with Gasteiger partial charge in [-0.3, -0.25) is 14.8 Å². The van der Waals surface area contributed by atoms with Crippen LogP contribution in [-0.2, 0) is 6.54 Å². The maximum absolute atomic E-state index is 4.73. The topological polar surface area (TPSA) is 22.6 Å². The first kappa shape index (κ1) is 18.6. The third-order valence-electron chi connectivity index (χ3n) is 6.20. The summed E-state index contributed by atoms with van der Waals surface area (Å²) in [6.45, 7) is 10.4. The number of likely N-dealkylation sites (tertiary alicyclic amines) is 1. The van der Waals surface area contributed by atoms with E-state index in [-0.39, 0.29) is 0 Å². The molecule has 1 aromatic heterocycles. The minimum Gasteiger partial charge on any atom is -0.304 e. The second-order valence-corrected chi connectivity index (χ2v) is 8.17. The molecule has 3 heterocycles. The van der Waals surface area contributed by atoms with Gasteiger partial charge in [-0.1, -0.05) is 30.3 Å². The molecule has 27 heavy (non-hydrogen) atoms. The highest BCUT2D eigenvalue weighted by atomic mass is 15.2. The van der Waals surface area contributed by atoms with Crippen molar-refractivity contribution in [1.29, 1.82) is 0 Å². The third-order valence-corrected chi connectivity index (χ3v) is 6.20. The van der Waals surface area contributed by atoms with Crippen LogP contribution < -0.4 is 0 Å². The Labute approximate surface area is 163 Å².